The van der Waals surface area contributed by atoms with Crippen molar-refractivity contribution < 1.29 is 19.1 Å². The van der Waals surface area contributed by atoms with Crippen molar-refractivity contribution in [2.24, 2.45) is 0 Å². The summed E-state index contributed by atoms with van der Waals surface area (Å²) in [5.41, 5.74) is 3.18. The molecule has 1 amide bonds. The number of carbonyl (C=O) groups excluding carboxylic acids is 2. The van der Waals surface area contributed by atoms with Crippen LogP contribution in [0.25, 0.3) is 11.0 Å². The average Bonchev–Trinajstić information content (AvgIpc) is 3.73. The number of hydrogen-bond acceptors (Lipinski definition) is 7. The monoisotopic (exact) mass is 530 g/mol. The quantitative estimate of drug-likeness (QED) is 0.279. The molecule has 3 aromatic heterocycles. The summed E-state index contributed by atoms with van der Waals surface area (Å²) >= 11 is 0. The van der Waals surface area contributed by atoms with E-state index in [0.717, 1.165) is 30.6 Å². The Morgan fingerprint density at radius 2 is 2.05 bits per heavy atom. The predicted octanol–water partition coefficient (Wildman–Crippen LogP) is 4.27. The minimum Gasteiger partial charge on any atom is -0.464 e. The molecule has 0 aliphatic carbocycles. The highest BCUT2D eigenvalue weighted by atomic mass is 16.5. The predicted molar refractivity (Wildman–Crippen MR) is 149 cm³/mol. The molecule has 10 heteroatoms. The SMILES string of the molecule is COC(=O)c1c(NC(=O)[C@H]2CCCO2)c2cc(N[C@H](C)CCn3cccn3)cnc2n1CCc1ccccc1. The molecular weight excluding hydrogens is 496 g/mol. The van der Waals surface area contributed by atoms with Gasteiger partial charge in [0, 0.05) is 43.5 Å². The van der Waals surface area contributed by atoms with Gasteiger partial charge in [0.25, 0.3) is 5.91 Å². The number of benzene rings is 1. The number of methoxy groups -OCH3 is 1. The van der Waals surface area contributed by atoms with E-state index < -0.39 is 12.1 Å². The third-order valence-corrected chi connectivity index (χ3v) is 6.98. The second-order valence-corrected chi connectivity index (χ2v) is 9.79. The molecule has 2 N–H and O–H groups in total. The fraction of sp³-hybridized carbons (Fsp3) is 0.379. The molecule has 204 valence electrons. The summed E-state index contributed by atoms with van der Waals surface area (Å²) in [6.45, 7) is 3.91. The average molecular weight is 531 g/mol. The highest BCUT2D eigenvalue weighted by Crippen LogP contribution is 2.34. The zero-order valence-corrected chi connectivity index (χ0v) is 22.3. The van der Waals surface area contributed by atoms with Crippen LogP contribution in [0.3, 0.4) is 0 Å². The summed E-state index contributed by atoms with van der Waals surface area (Å²) in [5, 5.41) is 11.4. The Bertz CT molecular complexity index is 1410. The smallest absolute Gasteiger partial charge is 0.356 e. The third kappa shape index (κ3) is 6.12. The van der Waals surface area contributed by atoms with Gasteiger partial charge < -0.3 is 24.7 Å². The van der Waals surface area contributed by atoms with Gasteiger partial charge in [-0.2, -0.15) is 5.10 Å². The molecule has 1 aliphatic rings. The van der Waals surface area contributed by atoms with Gasteiger partial charge >= 0.3 is 5.97 Å². The molecule has 10 nitrogen and oxygen atoms in total. The number of rotatable bonds is 11. The maximum absolute atomic E-state index is 13.1. The zero-order chi connectivity index (χ0) is 27.2. The Balaban J connectivity index is 1.49. The van der Waals surface area contributed by atoms with Gasteiger partial charge in [0.2, 0.25) is 0 Å². The van der Waals surface area contributed by atoms with Crippen LogP contribution >= 0.6 is 0 Å². The maximum atomic E-state index is 13.1. The number of fused-ring (bicyclic) bond motifs is 1. The largest absolute Gasteiger partial charge is 0.464 e. The molecule has 5 rings (SSSR count). The van der Waals surface area contributed by atoms with Gasteiger partial charge in [-0.25, -0.2) is 9.78 Å². The number of hydrogen-bond donors (Lipinski definition) is 2. The first-order valence-corrected chi connectivity index (χ1v) is 13.3. The lowest BCUT2D eigenvalue weighted by Gasteiger charge is -2.15. The molecular formula is C29H34N6O4. The zero-order valence-electron chi connectivity index (χ0n) is 22.3. The Kier molecular flexibility index (Phi) is 8.21. The Labute approximate surface area is 227 Å². The third-order valence-electron chi connectivity index (χ3n) is 6.98. The standard InChI is InChI=1S/C29H34N6O4/c1-20(11-15-34-14-7-13-31-34)32-22-18-23-25(33-28(36)24-10-6-17-39-24)26(29(37)38-2)35(27(23)30-19-22)16-12-21-8-4-3-5-9-21/h3-5,7-9,13-14,18-20,24,32H,6,10-12,15-17H2,1-2H3,(H,33,36)/t20-,24-/m1/s1. The van der Waals surface area contributed by atoms with E-state index in [0.29, 0.717) is 42.7 Å². The molecule has 0 saturated carbocycles. The second kappa shape index (κ2) is 12.1. The summed E-state index contributed by atoms with van der Waals surface area (Å²) in [6.07, 6.45) is 7.93. The van der Waals surface area contributed by atoms with E-state index in [-0.39, 0.29) is 17.6 Å². The van der Waals surface area contributed by atoms with Crippen molar-refractivity contribution in [1.29, 1.82) is 0 Å². The number of aryl methyl sites for hydroxylation is 3. The van der Waals surface area contributed by atoms with Crippen LogP contribution in [0.15, 0.2) is 61.1 Å². The Hall–Kier alpha value is -4.18. The van der Waals surface area contributed by atoms with Gasteiger partial charge in [-0.3, -0.25) is 9.48 Å². The molecule has 0 bridgehead atoms. The number of esters is 1. The van der Waals surface area contributed by atoms with E-state index >= 15 is 0 Å². The van der Waals surface area contributed by atoms with E-state index in [2.05, 4.69) is 22.7 Å². The fourth-order valence-corrected chi connectivity index (χ4v) is 4.95. The molecule has 0 radical (unpaired) electrons. The van der Waals surface area contributed by atoms with Crippen LogP contribution in [0.1, 0.15) is 42.2 Å². The van der Waals surface area contributed by atoms with E-state index in [9.17, 15) is 9.59 Å². The van der Waals surface area contributed by atoms with Crippen LogP contribution in [0.5, 0.6) is 0 Å². The number of ether oxygens (including phenoxy) is 2. The van der Waals surface area contributed by atoms with Gasteiger partial charge in [-0.05, 0) is 50.3 Å². The second-order valence-electron chi connectivity index (χ2n) is 9.79. The Morgan fingerprint density at radius 1 is 1.21 bits per heavy atom. The molecule has 2 atom stereocenters. The lowest BCUT2D eigenvalue weighted by Crippen LogP contribution is -2.28. The van der Waals surface area contributed by atoms with E-state index in [1.807, 2.05) is 57.9 Å². The lowest BCUT2D eigenvalue weighted by atomic mass is 10.1. The first kappa shape index (κ1) is 26.4. The normalized spacial score (nSPS) is 15.8. The van der Waals surface area contributed by atoms with Gasteiger partial charge in [-0.15, -0.1) is 0 Å². The van der Waals surface area contributed by atoms with Crippen molar-refractivity contribution in [2.45, 2.75) is 57.8 Å². The van der Waals surface area contributed by atoms with Crippen LogP contribution in [0.2, 0.25) is 0 Å². The fourth-order valence-electron chi connectivity index (χ4n) is 4.95. The van der Waals surface area contributed by atoms with Crippen molar-refractivity contribution in [1.82, 2.24) is 19.3 Å². The molecule has 0 spiro atoms. The van der Waals surface area contributed by atoms with Crippen molar-refractivity contribution in [2.75, 3.05) is 24.4 Å². The number of carbonyl (C=O) groups is 2. The molecule has 0 unspecified atom stereocenters. The summed E-state index contributed by atoms with van der Waals surface area (Å²) in [6, 6.07) is 14.0. The van der Waals surface area contributed by atoms with Crippen LogP contribution in [0.4, 0.5) is 11.4 Å². The summed E-state index contributed by atoms with van der Waals surface area (Å²) in [7, 11) is 1.34. The number of nitrogens with zero attached hydrogens (tertiary/aromatic N) is 4. The molecule has 1 aromatic carbocycles. The van der Waals surface area contributed by atoms with Crippen molar-refractivity contribution in [3.05, 3.63) is 72.3 Å². The molecule has 1 aliphatic heterocycles. The number of amides is 1. The number of pyridine rings is 1. The number of anilines is 2. The van der Waals surface area contributed by atoms with Crippen LogP contribution in [-0.4, -0.2) is 57.1 Å². The summed E-state index contributed by atoms with van der Waals surface area (Å²) in [5.74, 6) is -0.809. The topological polar surface area (TPSA) is 112 Å². The van der Waals surface area contributed by atoms with Gasteiger partial charge in [0.05, 0.1) is 24.7 Å². The molecule has 4 aromatic rings. The van der Waals surface area contributed by atoms with Gasteiger partial charge in [0.15, 0.2) is 5.69 Å². The van der Waals surface area contributed by atoms with Crippen LogP contribution in [-0.2, 0) is 33.8 Å². The molecule has 1 fully saturated rings. The summed E-state index contributed by atoms with van der Waals surface area (Å²) in [4.78, 5) is 31.0. The van der Waals surface area contributed by atoms with Crippen molar-refractivity contribution in [3.63, 3.8) is 0 Å². The number of nitrogens with one attached hydrogen (secondary N) is 2. The minimum absolute atomic E-state index is 0.138. The first-order valence-electron chi connectivity index (χ1n) is 13.3. The van der Waals surface area contributed by atoms with Crippen molar-refractivity contribution in [3.8, 4) is 0 Å². The first-order chi connectivity index (χ1) is 19.0. The highest BCUT2D eigenvalue weighted by Gasteiger charge is 2.30. The number of aromatic nitrogens is 4. The highest BCUT2D eigenvalue weighted by molar-refractivity contribution is 6.12. The Morgan fingerprint density at radius 3 is 2.77 bits per heavy atom. The lowest BCUT2D eigenvalue weighted by molar-refractivity contribution is -0.124. The van der Waals surface area contributed by atoms with Crippen LogP contribution < -0.4 is 10.6 Å². The van der Waals surface area contributed by atoms with Crippen LogP contribution in [0, 0.1) is 0 Å². The van der Waals surface area contributed by atoms with E-state index in [1.54, 1.807) is 12.4 Å². The molecule has 39 heavy (non-hydrogen) atoms. The molecule has 1 saturated heterocycles. The van der Waals surface area contributed by atoms with Crippen molar-refractivity contribution >= 4 is 34.3 Å². The minimum atomic E-state index is -0.546. The summed E-state index contributed by atoms with van der Waals surface area (Å²) < 4.78 is 14.5. The van der Waals surface area contributed by atoms with Gasteiger partial charge in [-0.1, -0.05) is 30.3 Å². The van der Waals surface area contributed by atoms with E-state index in [4.69, 9.17) is 14.5 Å². The maximum Gasteiger partial charge on any atom is 0.356 e. The van der Waals surface area contributed by atoms with E-state index in [1.165, 1.54) is 7.11 Å². The molecule has 4 heterocycles. The van der Waals surface area contributed by atoms with Gasteiger partial charge in [0.1, 0.15) is 11.8 Å².